The van der Waals surface area contributed by atoms with E-state index in [-0.39, 0.29) is 5.78 Å². The zero-order chi connectivity index (χ0) is 15.1. The predicted octanol–water partition coefficient (Wildman–Crippen LogP) is 3.77. The largest absolute Gasteiger partial charge is 0.380 e. The molecule has 21 heavy (non-hydrogen) atoms. The van der Waals surface area contributed by atoms with E-state index in [1.54, 1.807) is 0 Å². The summed E-state index contributed by atoms with van der Waals surface area (Å²) >= 11 is 3.38. The number of Topliss-reactive ketones (excluding diaryl/α,β-unsaturated/α-hetero) is 1. The molecule has 1 saturated carbocycles. The van der Waals surface area contributed by atoms with Crippen LogP contribution >= 0.6 is 15.9 Å². The monoisotopic (exact) mass is 353 g/mol. The van der Waals surface area contributed by atoms with Crippen molar-refractivity contribution < 1.29 is 9.53 Å². The number of ether oxygens (including phenoxy) is 1. The second-order valence-electron chi connectivity index (χ2n) is 5.86. The molecule has 0 saturated heterocycles. The fraction of sp³-hybridized carbons (Fsp3) is 0.588. The van der Waals surface area contributed by atoms with Gasteiger partial charge in [0.2, 0.25) is 0 Å². The van der Waals surface area contributed by atoms with Gasteiger partial charge in [-0.25, -0.2) is 0 Å². The lowest BCUT2D eigenvalue weighted by atomic mass is 10.1. The molecule has 1 fully saturated rings. The van der Waals surface area contributed by atoms with Gasteiger partial charge >= 0.3 is 0 Å². The lowest BCUT2D eigenvalue weighted by Crippen LogP contribution is -2.25. The molecule has 1 aliphatic rings. The highest BCUT2D eigenvalue weighted by Crippen LogP contribution is 2.28. The van der Waals surface area contributed by atoms with E-state index in [4.69, 9.17) is 4.74 Å². The molecule has 3 nitrogen and oxygen atoms in total. The molecule has 1 aliphatic carbocycles. The second kappa shape index (κ2) is 8.66. The number of carbonyl (C=O) groups is 1. The van der Waals surface area contributed by atoms with Crippen molar-refractivity contribution in [3.63, 3.8) is 0 Å². The van der Waals surface area contributed by atoms with E-state index >= 15 is 0 Å². The molecular formula is C17H24BrNO2. The Balaban J connectivity index is 1.54. The average Bonchev–Trinajstić information content (AvgIpc) is 3.28. The van der Waals surface area contributed by atoms with Crippen molar-refractivity contribution in [2.24, 2.45) is 5.92 Å². The van der Waals surface area contributed by atoms with Gasteiger partial charge in [0.1, 0.15) is 0 Å². The Morgan fingerprint density at radius 1 is 1.29 bits per heavy atom. The van der Waals surface area contributed by atoms with Gasteiger partial charge in [-0.15, -0.1) is 0 Å². The summed E-state index contributed by atoms with van der Waals surface area (Å²) in [5, 5.41) is 0. The Kier molecular flexibility index (Phi) is 6.87. The topological polar surface area (TPSA) is 29.5 Å². The SMILES string of the molecule is CN(CCCC(=O)c1ccc(Br)cc1)CCOCC1CC1. The van der Waals surface area contributed by atoms with Crippen LogP contribution in [0.4, 0.5) is 0 Å². The van der Waals surface area contributed by atoms with Crippen LogP contribution in [0.2, 0.25) is 0 Å². The van der Waals surface area contributed by atoms with Crippen molar-refractivity contribution in [3.8, 4) is 0 Å². The number of hydrogen-bond donors (Lipinski definition) is 0. The maximum Gasteiger partial charge on any atom is 0.162 e. The van der Waals surface area contributed by atoms with Crippen LogP contribution in [-0.4, -0.2) is 44.0 Å². The molecule has 0 N–H and O–H groups in total. The van der Waals surface area contributed by atoms with Crippen LogP contribution in [0, 0.1) is 5.92 Å². The van der Waals surface area contributed by atoms with Crippen molar-refractivity contribution in [2.75, 3.05) is 33.4 Å². The first-order valence-corrected chi connectivity index (χ1v) is 8.49. The number of likely N-dealkylation sites (N-methyl/N-ethyl adjacent to an activating group) is 1. The van der Waals surface area contributed by atoms with Crippen LogP contribution < -0.4 is 0 Å². The van der Waals surface area contributed by atoms with Gasteiger partial charge in [-0.2, -0.15) is 0 Å². The predicted molar refractivity (Wildman–Crippen MR) is 88.7 cm³/mol. The molecule has 0 atom stereocenters. The first-order chi connectivity index (χ1) is 10.1. The Morgan fingerprint density at radius 3 is 2.67 bits per heavy atom. The van der Waals surface area contributed by atoms with Crippen LogP contribution in [0.1, 0.15) is 36.0 Å². The highest BCUT2D eigenvalue weighted by atomic mass is 79.9. The molecular weight excluding hydrogens is 330 g/mol. The molecule has 0 spiro atoms. The quantitative estimate of drug-likeness (QED) is 0.473. The standard InChI is InChI=1S/C17H24BrNO2/c1-19(11-12-21-13-14-4-5-14)10-2-3-17(20)15-6-8-16(18)9-7-15/h6-9,14H,2-5,10-13H2,1H3. The van der Waals surface area contributed by atoms with Gasteiger partial charge in [0.25, 0.3) is 0 Å². The highest BCUT2D eigenvalue weighted by Gasteiger charge is 2.20. The Labute approximate surface area is 135 Å². The van der Waals surface area contributed by atoms with Crippen LogP contribution in [0.5, 0.6) is 0 Å². The number of hydrogen-bond acceptors (Lipinski definition) is 3. The zero-order valence-corrected chi connectivity index (χ0v) is 14.3. The molecule has 0 bridgehead atoms. The van der Waals surface area contributed by atoms with Gasteiger partial charge in [-0.1, -0.05) is 28.1 Å². The van der Waals surface area contributed by atoms with E-state index in [1.165, 1.54) is 12.8 Å². The first kappa shape index (κ1) is 16.7. The zero-order valence-electron chi connectivity index (χ0n) is 12.7. The van der Waals surface area contributed by atoms with Gasteiger partial charge in [0.05, 0.1) is 6.61 Å². The van der Waals surface area contributed by atoms with Crippen molar-refractivity contribution >= 4 is 21.7 Å². The van der Waals surface area contributed by atoms with E-state index in [9.17, 15) is 4.79 Å². The summed E-state index contributed by atoms with van der Waals surface area (Å²) < 4.78 is 6.63. The van der Waals surface area contributed by atoms with Gasteiger partial charge in [-0.3, -0.25) is 4.79 Å². The van der Waals surface area contributed by atoms with Crippen molar-refractivity contribution in [1.29, 1.82) is 0 Å². The van der Waals surface area contributed by atoms with Gasteiger partial charge < -0.3 is 9.64 Å². The third kappa shape index (κ3) is 6.72. The van der Waals surface area contributed by atoms with Gasteiger partial charge in [0, 0.05) is 29.6 Å². The maximum atomic E-state index is 12.0. The Morgan fingerprint density at radius 2 is 2.00 bits per heavy atom. The number of rotatable bonds is 10. The third-order valence-corrected chi connectivity index (χ3v) is 4.31. The Bertz CT molecular complexity index is 443. The molecule has 1 aromatic carbocycles. The minimum absolute atomic E-state index is 0.223. The summed E-state index contributed by atoms with van der Waals surface area (Å²) in [5.74, 6) is 1.06. The van der Waals surface area contributed by atoms with Crippen LogP contribution in [0.25, 0.3) is 0 Å². The highest BCUT2D eigenvalue weighted by molar-refractivity contribution is 9.10. The van der Waals surface area contributed by atoms with Gasteiger partial charge in [0.15, 0.2) is 5.78 Å². The molecule has 116 valence electrons. The number of benzene rings is 1. The molecule has 1 aromatic rings. The molecule has 0 amide bonds. The normalized spacial score (nSPS) is 14.6. The number of ketones is 1. The Hall–Kier alpha value is -0.710. The van der Waals surface area contributed by atoms with E-state index in [0.29, 0.717) is 6.42 Å². The fourth-order valence-corrected chi connectivity index (χ4v) is 2.42. The maximum absolute atomic E-state index is 12.0. The summed E-state index contributed by atoms with van der Waals surface area (Å²) in [7, 11) is 2.09. The first-order valence-electron chi connectivity index (χ1n) is 7.70. The minimum Gasteiger partial charge on any atom is -0.380 e. The molecule has 4 heteroatoms. The molecule has 0 aromatic heterocycles. The van der Waals surface area contributed by atoms with E-state index in [2.05, 4.69) is 27.9 Å². The molecule has 0 unspecified atom stereocenters. The molecule has 0 heterocycles. The summed E-state index contributed by atoms with van der Waals surface area (Å²) in [6.45, 7) is 3.61. The van der Waals surface area contributed by atoms with Gasteiger partial charge in [-0.05, 0) is 50.9 Å². The van der Waals surface area contributed by atoms with Crippen LogP contribution in [0.3, 0.4) is 0 Å². The van der Waals surface area contributed by atoms with Crippen LogP contribution in [-0.2, 0) is 4.74 Å². The summed E-state index contributed by atoms with van der Waals surface area (Å²) in [4.78, 5) is 14.3. The molecule has 2 rings (SSSR count). The summed E-state index contributed by atoms with van der Waals surface area (Å²) in [6, 6.07) is 7.58. The average molecular weight is 354 g/mol. The second-order valence-corrected chi connectivity index (χ2v) is 6.77. The van der Waals surface area contributed by atoms with Crippen molar-refractivity contribution in [2.45, 2.75) is 25.7 Å². The van der Waals surface area contributed by atoms with Crippen LogP contribution in [0.15, 0.2) is 28.7 Å². The van der Waals surface area contributed by atoms with Crippen molar-refractivity contribution in [1.82, 2.24) is 4.90 Å². The third-order valence-electron chi connectivity index (χ3n) is 3.78. The summed E-state index contributed by atoms with van der Waals surface area (Å²) in [5.41, 5.74) is 0.800. The minimum atomic E-state index is 0.223. The number of nitrogens with zero attached hydrogens (tertiary/aromatic N) is 1. The van der Waals surface area contributed by atoms with E-state index in [0.717, 1.165) is 48.7 Å². The van der Waals surface area contributed by atoms with Crippen molar-refractivity contribution in [3.05, 3.63) is 34.3 Å². The van der Waals surface area contributed by atoms with E-state index in [1.807, 2.05) is 24.3 Å². The number of carbonyl (C=O) groups excluding carboxylic acids is 1. The lowest BCUT2D eigenvalue weighted by Gasteiger charge is -2.16. The lowest BCUT2D eigenvalue weighted by molar-refractivity contribution is 0.0955. The molecule has 0 aliphatic heterocycles. The summed E-state index contributed by atoms with van der Waals surface area (Å²) in [6.07, 6.45) is 4.19. The smallest absolute Gasteiger partial charge is 0.162 e. The molecule has 0 radical (unpaired) electrons. The fourth-order valence-electron chi connectivity index (χ4n) is 2.16. The number of halogens is 1. The van der Waals surface area contributed by atoms with E-state index < -0.39 is 0 Å².